The lowest BCUT2D eigenvalue weighted by Gasteiger charge is -2.38. The van der Waals surface area contributed by atoms with Crippen LogP contribution in [0.25, 0.3) is 0 Å². The number of aliphatic hydroxyl groups excluding tert-OH is 1. The summed E-state index contributed by atoms with van der Waals surface area (Å²) in [6, 6.07) is 8.20. The fourth-order valence-electron chi connectivity index (χ4n) is 3.01. The third-order valence-corrected chi connectivity index (χ3v) is 4.49. The van der Waals surface area contributed by atoms with Gasteiger partial charge in [-0.2, -0.15) is 0 Å². The molecule has 0 bridgehead atoms. The molecule has 1 aliphatic heterocycles. The Morgan fingerprint density at radius 2 is 2.00 bits per heavy atom. The molecule has 1 aromatic carbocycles. The fourth-order valence-corrected chi connectivity index (χ4v) is 3.01. The van der Waals surface area contributed by atoms with Crippen LogP contribution in [0.5, 0.6) is 0 Å². The van der Waals surface area contributed by atoms with Gasteiger partial charge in [0.2, 0.25) is 5.95 Å². The average molecular weight is 328 g/mol. The Labute approximate surface area is 142 Å². The largest absolute Gasteiger partial charge is 0.396 e. The van der Waals surface area contributed by atoms with Gasteiger partial charge in [-0.15, -0.1) is 0 Å². The first kappa shape index (κ1) is 16.7. The van der Waals surface area contributed by atoms with Crippen molar-refractivity contribution in [1.29, 1.82) is 0 Å². The van der Waals surface area contributed by atoms with Crippen molar-refractivity contribution in [3.05, 3.63) is 51.4 Å². The van der Waals surface area contributed by atoms with E-state index < -0.39 is 0 Å². The molecule has 0 unspecified atom stereocenters. The molecule has 6 heteroatoms. The Kier molecular flexibility index (Phi) is 4.69. The van der Waals surface area contributed by atoms with Gasteiger partial charge in [-0.05, 0) is 44.9 Å². The summed E-state index contributed by atoms with van der Waals surface area (Å²) in [4.78, 5) is 21.6. The minimum atomic E-state index is 0.00357. The van der Waals surface area contributed by atoms with E-state index in [0.717, 1.165) is 23.5 Å². The van der Waals surface area contributed by atoms with Crippen molar-refractivity contribution in [1.82, 2.24) is 14.5 Å². The van der Waals surface area contributed by atoms with Crippen LogP contribution in [-0.4, -0.2) is 39.4 Å². The molecule has 24 heavy (non-hydrogen) atoms. The van der Waals surface area contributed by atoms with Crippen molar-refractivity contribution in [3.8, 4) is 0 Å². The maximum Gasteiger partial charge on any atom is 0.259 e. The minimum Gasteiger partial charge on any atom is -0.396 e. The predicted molar refractivity (Wildman–Crippen MR) is 94.6 cm³/mol. The van der Waals surface area contributed by atoms with Crippen molar-refractivity contribution in [2.75, 3.05) is 24.7 Å². The van der Waals surface area contributed by atoms with Crippen LogP contribution in [-0.2, 0) is 6.67 Å². The minimum absolute atomic E-state index is 0.00357. The van der Waals surface area contributed by atoms with Crippen molar-refractivity contribution in [2.24, 2.45) is 0 Å². The summed E-state index contributed by atoms with van der Waals surface area (Å²) in [6.07, 6.45) is 0.685. The molecule has 0 aliphatic carbocycles. The lowest BCUT2D eigenvalue weighted by molar-refractivity contribution is 0.175. The van der Waals surface area contributed by atoms with Gasteiger partial charge in [0.1, 0.15) is 0 Å². The summed E-state index contributed by atoms with van der Waals surface area (Å²) in [5.74, 6) is 0.689. The summed E-state index contributed by atoms with van der Waals surface area (Å²) in [6.45, 7) is 7.79. The molecule has 6 nitrogen and oxygen atoms in total. The monoisotopic (exact) mass is 328 g/mol. The number of hydrogen-bond donors (Lipinski definition) is 1. The molecule has 0 fully saturated rings. The predicted octanol–water partition coefficient (Wildman–Crippen LogP) is 1.92. The van der Waals surface area contributed by atoms with Crippen molar-refractivity contribution < 1.29 is 5.11 Å². The quantitative estimate of drug-likeness (QED) is 0.929. The maximum atomic E-state index is 12.7. The molecule has 0 amide bonds. The van der Waals surface area contributed by atoms with Crippen LogP contribution in [0, 0.1) is 20.8 Å². The van der Waals surface area contributed by atoms with E-state index in [1.807, 2.05) is 26.0 Å². The molecule has 128 valence electrons. The summed E-state index contributed by atoms with van der Waals surface area (Å²) in [5.41, 5.74) is 3.65. The molecule has 1 aliphatic rings. The lowest BCUT2D eigenvalue weighted by Crippen LogP contribution is -2.48. The van der Waals surface area contributed by atoms with Crippen LogP contribution in [0.15, 0.2) is 29.1 Å². The van der Waals surface area contributed by atoms with E-state index in [4.69, 9.17) is 5.11 Å². The topological polar surface area (TPSA) is 61.6 Å². The molecule has 0 saturated heterocycles. The molecule has 0 radical (unpaired) electrons. The molecule has 3 rings (SSSR count). The van der Waals surface area contributed by atoms with Gasteiger partial charge in [-0.25, -0.2) is 4.98 Å². The number of aryl methyl sites for hydroxylation is 2. The highest BCUT2D eigenvalue weighted by Crippen LogP contribution is 2.28. The molecule has 0 spiro atoms. The first-order valence-corrected chi connectivity index (χ1v) is 8.26. The highest BCUT2D eigenvalue weighted by atomic mass is 16.3. The first-order chi connectivity index (χ1) is 11.5. The van der Waals surface area contributed by atoms with Crippen LogP contribution in [0.2, 0.25) is 0 Å². The van der Waals surface area contributed by atoms with Crippen LogP contribution in [0.4, 0.5) is 11.6 Å². The van der Waals surface area contributed by atoms with Crippen molar-refractivity contribution in [2.45, 2.75) is 33.9 Å². The van der Waals surface area contributed by atoms with Gasteiger partial charge in [0.05, 0.1) is 13.3 Å². The van der Waals surface area contributed by atoms with E-state index in [-0.39, 0.29) is 12.2 Å². The van der Waals surface area contributed by atoms with E-state index in [0.29, 0.717) is 31.3 Å². The van der Waals surface area contributed by atoms with Gasteiger partial charge >= 0.3 is 0 Å². The Balaban J connectivity index is 2.10. The van der Waals surface area contributed by atoms with Crippen LogP contribution >= 0.6 is 0 Å². The van der Waals surface area contributed by atoms with Gasteiger partial charge < -0.3 is 5.11 Å². The van der Waals surface area contributed by atoms with Crippen molar-refractivity contribution in [3.63, 3.8) is 0 Å². The van der Waals surface area contributed by atoms with Gasteiger partial charge in [0, 0.05) is 30.1 Å². The average Bonchev–Trinajstić information content (AvgIpc) is 2.58. The van der Waals surface area contributed by atoms with Gasteiger partial charge in [-0.3, -0.25) is 19.2 Å². The molecule has 1 N–H and O–H groups in total. The third kappa shape index (κ3) is 3.07. The van der Waals surface area contributed by atoms with E-state index in [1.165, 1.54) is 0 Å². The number of aromatic nitrogens is 2. The molecule has 1 aromatic heterocycles. The number of hydrogen-bond acceptors (Lipinski definition) is 5. The van der Waals surface area contributed by atoms with E-state index in [1.54, 1.807) is 4.57 Å². The van der Waals surface area contributed by atoms with E-state index >= 15 is 0 Å². The number of benzene rings is 1. The molecule has 2 aromatic rings. The zero-order valence-corrected chi connectivity index (χ0v) is 14.5. The van der Waals surface area contributed by atoms with Crippen LogP contribution in [0.1, 0.15) is 23.2 Å². The number of anilines is 2. The zero-order valence-electron chi connectivity index (χ0n) is 14.5. The molecule has 0 atom stereocenters. The summed E-state index contributed by atoms with van der Waals surface area (Å²) >= 11 is 0. The van der Waals surface area contributed by atoms with Crippen LogP contribution in [0.3, 0.4) is 0 Å². The third-order valence-electron chi connectivity index (χ3n) is 4.49. The summed E-state index contributed by atoms with van der Waals surface area (Å²) in [7, 11) is 0. The highest BCUT2D eigenvalue weighted by Gasteiger charge is 2.26. The number of fused-ring (bicyclic) bond motifs is 1. The number of aliphatic hydroxyl groups is 1. The first-order valence-electron chi connectivity index (χ1n) is 8.26. The lowest BCUT2D eigenvalue weighted by atomic mass is 10.2. The summed E-state index contributed by atoms with van der Waals surface area (Å²) in [5, 5.41) is 9.13. The fraction of sp³-hybridized carbons (Fsp3) is 0.444. The van der Waals surface area contributed by atoms with Gasteiger partial charge in [-0.1, -0.05) is 12.1 Å². The highest BCUT2D eigenvalue weighted by molar-refractivity contribution is 5.59. The van der Waals surface area contributed by atoms with Gasteiger partial charge in [0.25, 0.3) is 5.56 Å². The second-order valence-corrected chi connectivity index (χ2v) is 6.38. The van der Waals surface area contributed by atoms with E-state index in [2.05, 4.69) is 33.8 Å². The standard InChI is InChI=1S/C18H24N4O2/c1-13-6-4-7-16(10-13)21-11-20(8-5-9-23)12-22-17(24)14(2)15(3)19-18(21)22/h4,6-7,10,23H,5,8-9,11-12H2,1-3H3. The molecular weight excluding hydrogens is 304 g/mol. The SMILES string of the molecule is Cc1cccc(N2CN(CCCO)Cn3c2nc(C)c(C)c3=O)c1. The van der Waals surface area contributed by atoms with E-state index in [9.17, 15) is 4.79 Å². The van der Waals surface area contributed by atoms with Gasteiger partial charge in [0.15, 0.2) is 0 Å². The Morgan fingerprint density at radius 1 is 1.21 bits per heavy atom. The Morgan fingerprint density at radius 3 is 2.71 bits per heavy atom. The number of nitrogens with zero attached hydrogens (tertiary/aromatic N) is 4. The second kappa shape index (κ2) is 6.75. The normalized spacial score (nSPS) is 14.8. The van der Waals surface area contributed by atoms with Crippen LogP contribution < -0.4 is 10.5 Å². The second-order valence-electron chi connectivity index (χ2n) is 6.38. The Bertz CT molecular complexity index is 800. The maximum absolute atomic E-state index is 12.7. The Hall–Kier alpha value is -2.18. The zero-order chi connectivity index (χ0) is 17.3. The smallest absolute Gasteiger partial charge is 0.259 e. The summed E-state index contributed by atoms with van der Waals surface area (Å²) < 4.78 is 1.73. The number of rotatable bonds is 4. The van der Waals surface area contributed by atoms with Crippen molar-refractivity contribution >= 4 is 11.6 Å². The molecule has 2 heterocycles. The molecular formula is C18H24N4O2. The molecule has 0 saturated carbocycles.